The summed E-state index contributed by atoms with van der Waals surface area (Å²) in [6.07, 6.45) is 0. The zero-order valence-electron chi connectivity index (χ0n) is 18.0. The third-order valence-corrected chi connectivity index (χ3v) is 10.3. The fourth-order valence-electron chi connectivity index (χ4n) is 3.45. The smallest absolute Gasteiger partial charge is 0.203 e. The van der Waals surface area contributed by atoms with E-state index in [9.17, 15) is 30.4 Å². The summed E-state index contributed by atoms with van der Waals surface area (Å²) in [5.41, 5.74) is 0.839. The molecule has 0 aliphatic heterocycles. The van der Waals surface area contributed by atoms with E-state index in [1.165, 1.54) is 0 Å². The number of rotatable bonds is 6. The Morgan fingerprint density at radius 1 is 0.543 bits per heavy atom. The van der Waals surface area contributed by atoms with E-state index in [-0.39, 0.29) is 0 Å². The molecule has 0 amide bonds. The Kier molecular flexibility index (Phi) is 6.72. The lowest BCUT2D eigenvalue weighted by Gasteiger charge is -2.39. The Hall–Kier alpha value is -3.21. The van der Waals surface area contributed by atoms with Gasteiger partial charge >= 0.3 is 10.1 Å². The highest BCUT2D eigenvalue weighted by Crippen LogP contribution is 2.70. The van der Waals surface area contributed by atoms with Crippen molar-refractivity contribution in [3.63, 3.8) is 0 Å². The van der Waals surface area contributed by atoms with Crippen LogP contribution in [-0.4, -0.2) is 8.42 Å². The molecular weight excluding hydrogens is 507 g/mol. The molecule has 35 heavy (non-hydrogen) atoms. The predicted molar refractivity (Wildman–Crippen MR) is 121 cm³/mol. The third-order valence-electron chi connectivity index (χ3n) is 5.11. The Morgan fingerprint density at radius 3 is 1.34 bits per heavy atom. The summed E-state index contributed by atoms with van der Waals surface area (Å²) in [5.74, 6) is -12.2. The van der Waals surface area contributed by atoms with Crippen LogP contribution in [0.15, 0.2) is 105 Å². The van der Waals surface area contributed by atoms with Crippen LogP contribution < -0.4 is 0 Å². The summed E-state index contributed by atoms with van der Waals surface area (Å²) in [6.45, 7) is 1.80. The van der Waals surface area contributed by atoms with Crippen molar-refractivity contribution in [3.05, 3.63) is 120 Å². The third kappa shape index (κ3) is 4.33. The normalized spacial score (nSPS) is 12.5. The molecule has 0 aromatic heterocycles. The molecule has 0 N–H and O–H groups in total. The van der Waals surface area contributed by atoms with Crippen LogP contribution in [0.25, 0.3) is 0 Å². The van der Waals surface area contributed by atoms with Crippen molar-refractivity contribution in [2.75, 3.05) is 0 Å². The van der Waals surface area contributed by atoms with Gasteiger partial charge in [-0.3, -0.25) is 0 Å². The average molecular weight is 525 g/mol. The highest BCUT2D eigenvalue weighted by atomic mass is 32.3. The minimum Gasteiger partial charge on any atom is -0.203 e. The SMILES string of the molecule is Cc1ccc(S(OS(=O)(=O)c2c(F)c(F)c(F)c(F)c2F)(c2ccccc2)c2ccccc2)cc1. The van der Waals surface area contributed by atoms with E-state index in [1.807, 2.05) is 0 Å². The lowest BCUT2D eigenvalue weighted by Crippen LogP contribution is -2.19. The molecule has 4 rings (SSSR count). The Labute approximate surface area is 200 Å². The first-order valence-corrected chi connectivity index (χ1v) is 13.0. The Balaban J connectivity index is 2.07. The fraction of sp³-hybridized carbons (Fsp3) is 0.0400. The Bertz CT molecular complexity index is 1410. The van der Waals surface area contributed by atoms with Gasteiger partial charge in [0.1, 0.15) is 0 Å². The van der Waals surface area contributed by atoms with Gasteiger partial charge in [0.05, 0.1) is 0 Å². The second kappa shape index (κ2) is 9.44. The summed E-state index contributed by atoms with van der Waals surface area (Å²) in [5, 5.41) is 0. The molecule has 4 aromatic carbocycles. The number of hydrogen-bond acceptors (Lipinski definition) is 3. The summed E-state index contributed by atoms with van der Waals surface area (Å²) in [4.78, 5) is -1.08. The van der Waals surface area contributed by atoms with Crippen LogP contribution in [0, 0.1) is 36.0 Å². The van der Waals surface area contributed by atoms with Crippen molar-refractivity contribution in [3.8, 4) is 0 Å². The number of aryl methyl sites for hydroxylation is 1. The quantitative estimate of drug-likeness (QED) is 0.151. The van der Waals surface area contributed by atoms with Gasteiger partial charge in [-0.15, -0.1) is 0 Å². The number of benzene rings is 4. The summed E-state index contributed by atoms with van der Waals surface area (Å²) < 4.78 is 103. The zero-order valence-corrected chi connectivity index (χ0v) is 19.6. The van der Waals surface area contributed by atoms with E-state index in [1.54, 1.807) is 91.9 Å². The van der Waals surface area contributed by atoms with Crippen molar-refractivity contribution in [2.45, 2.75) is 26.5 Å². The molecule has 0 spiro atoms. The molecule has 0 unspecified atom stereocenters. The van der Waals surface area contributed by atoms with Crippen molar-refractivity contribution >= 4 is 20.4 Å². The number of hydrogen-bond donors (Lipinski definition) is 0. The minimum absolute atomic E-state index is 0.322. The highest BCUT2D eigenvalue weighted by Gasteiger charge is 2.42. The van der Waals surface area contributed by atoms with Crippen LogP contribution in [0.1, 0.15) is 5.56 Å². The molecule has 0 saturated carbocycles. The Morgan fingerprint density at radius 2 is 0.914 bits per heavy atom. The largest absolute Gasteiger partial charge is 0.313 e. The van der Waals surface area contributed by atoms with Crippen LogP contribution >= 0.6 is 10.3 Å². The predicted octanol–water partition coefficient (Wildman–Crippen LogP) is 7.29. The van der Waals surface area contributed by atoms with Gasteiger partial charge in [-0.05, 0) is 53.6 Å². The van der Waals surface area contributed by atoms with Crippen molar-refractivity contribution < 1.29 is 34.0 Å². The van der Waals surface area contributed by atoms with Gasteiger partial charge in [-0.25, -0.2) is 25.6 Å². The van der Waals surface area contributed by atoms with Crippen molar-refractivity contribution in [1.82, 2.24) is 0 Å². The van der Waals surface area contributed by atoms with E-state index < -0.39 is 54.4 Å². The molecule has 0 bridgehead atoms. The van der Waals surface area contributed by atoms with Crippen LogP contribution in [0.3, 0.4) is 0 Å². The van der Waals surface area contributed by atoms with E-state index in [0.717, 1.165) is 5.56 Å². The molecule has 4 aromatic rings. The maximum Gasteiger partial charge on any atom is 0.313 e. The lowest BCUT2D eigenvalue weighted by molar-refractivity contribution is 0.354. The zero-order chi connectivity index (χ0) is 25.4. The molecule has 0 saturated heterocycles. The summed E-state index contributed by atoms with van der Waals surface area (Å²) in [7, 11) is -8.84. The van der Waals surface area contributed by atoms with Gasteiger partial charge in [-0.1, -0.05) is 54.1 Å². The van der Waals surface area contributed by atoms with Gasteiger partial charge in [-0.2, -0.15) is 8.42 Å². The molecule has 0 aliphatic rings. The second-order valence-electron chi connectivity index (χ2n) is 7.42. The van der Waals surface area contributed by atoms with Gasteiger partial charge < -0.3 is 0 Å². The van der Waals surface area contributed by atoms with E-state index in [2.05, 4.69) is 0 Å². The molecule has 0 aliphatic carbocycles. The molecule has 10 heteroatoms. The average Bonchev–Trinajstić information content (AvgIpc) is 2.86. The van der Waals surface area contributed by atoms with Crippen molar-refractivity contribution in [1.29, 1.82) is 0 Å². The van der Waals surface area contributed by atoms with Crippen molar-refractivity contribution in [2.24, 2.45) is 0 Å². The molecule has 0 radical (unpaired) electrons. The fourth-order valence-corrected chi connectivity index (χ4v) is 8.78. The monoisotopic (exact) mass is 524 g/mol. The maximum absolute atomic E-state index is 14.6. The van der Waals surface area contributed by atoms with Gasteiger partial charge in [0.2, 0.25) is 5.82 Å². The molecular formula is C25H17F5O3S2. The van der Waals surface area contributed by atoms with Crippen LogP contribution in [-0.2, 0) is 13.7 Å². The van der Waals surface area contributed by atoms with E-state index in [0.29, 0.717) is 14.7 Å². The van der Waals surface area contributed by atoms with E-state index in [4.69, 9.17) is 3.63 Å². The van der Waals surface area contributed by atoms with E-state index >= 15 is 0 Å². The molecule has 0 fully saturated rings. The first-order valence-electron chi connectivity index (χ1n) is 10.1. The van der Waals surface area contributed by atoms with Gasteiger partial charge in [0.15, 0.2) is 28.2 Å². The maximum atomic E-state index is 14.6. The first kappa shape index (κ1) is 24.9. The summed E-state index contributed by atoms with van der Waals surface area (Å²) >= 11 is 0. The topological polar surface area (TPSA) is 43.4 Å². The van der Waals surface area contributed by atoms with Crippen LogP contribution in [0.4, 0.5) is 22.0 Å². The molecule has 3 nitrogen and oxygen atoms in total. The molecule has 182 valence electrons. The molecule has 0 atom stereocenters. The minimum atomic E-state index is -5.56. The molecule has 0 heterocycles. The van der Waals surface area contributed by atoms with Crippen LogP contribution in [0.2, 0.25) is 0 Å². The van der Waals surface area contributed by atoms with Gasteiger partial charge in [0.25, 0.3) is 0 Å². The first-order chi connectivity index (χ1) is 16.6. The summed E-state index contributed by atoms with van der Waals surface area (Å²) in [6, 6.07) is 22.6. The van der Waals surface area contributed by atoms with Gasteiger partial charge in [0, 0.05) is 14.7 Å². The van der Waals surface area contributed by atoms with Crippen LogP contribution in [0.5, 0.6) is 0 Å². The standard InChI is InChI=1S/C25H17F5O3S2/c1-16-12-14-19(15-13-16)34(17-8-4-2-5-9-17,18-10-6-3-7-11-18)33-35(31,32)25-23(29)21(27)20(26)22(28)24(25)30/h2-15H,1H3. The highest BCUT2D eigenvalue weighted by molar-refractivity contribution is 8.33. The lowest BCUT2D eigenvalue weighted by atomic mass is 10.2. The number of halogens is 5. The second-order valence-corrected chi connectivity index (χ2v) is 11.8.